The summed E-state index contributed by atoms with van der Waals surface area (Å²) in [6.07, 6.45) is 8.92. The van der Waals surface area contributed by atoms with Crippen molar-refractivity contribution in [3.05, 3.63) is 17.0 Å². The molecule has 0 aliphatic heterocycles. The van der Waals surface area contributed by atoms with Crippen LogP contribution in [0, 0.1) is 0 Å². The highest BCUT2D eigenvalue weighted by Crippen LogP contribution is 2.17. The highest BCUT2D eigenvalue weighted by Gasteiger charge is 2.07. The molecule has 0 aromatic carbocycles. The number of thioether (sulfide) groups is 1. The number of nitrogens with one attached hydrogen (secondary N) is 1. The van der Waals surface area contributed by atoms with Gasteiger partial charge in [0.2, 0.25) is 0 Å². The first kappa shape index (κ1) is 15.2. The molecule has 1 aromatic rings. The maximum atomic E-state index is 10.8. The van der Waals surface area contributed by atoms with E-state index in [-0.39, 0.29) is 5.15 Å². The van der Waals surface area contributed by atoms with Gasteiger partial charge in [0.05, 0.1) is 5.56 Å². The zero-order valence-corrected chi connectivity index (χ0v) is 12.1. The van der Waals surface area contributed by atoms with Gasteiger partial charge < -0.3 is 5.32 Å². The Balaban J connectivity index is 2.27. The van der Waals surface area contributed by atoms with Crippen LogP contribution in [-0.2, 0) is 0 Å². The Kier molecular flexibility index (Phi) is 7.76. The van der Waals surface area contributed by atoms with Crippen LogP contribution < -0.4 is 5.32 Å². The van der Waals surface area contributed by atoms with Crippen LogP contribution in [-0.4, -0.2) is 34.8 Å². The molecule has 0 unspecified atom stereocenters. The highest BCUT2D eigenvalue weighted by molar-refractivity contribution is 7.98. The van der Waals surface area contributed by atoms with Gasteiger partial charge in [0.1, 0.15) is 17.3 Å². The fourth-order valence-corrected chi connectivity index (χ4v) is 2.22. The lowest BCUT2D eigenvalue weighted by molar-refractivity contribution is 0.112. The summed E-state index contributed by atoms with van der Waals surface area (Å²) in [7, 11) is 0. The molecule has 0 saturated carbocycles. The minimum atomic E-state index is 0.197. The number of aromatic nitrogens is 2. The fraction of sp³-hybridized carbons (Fsp3) is 0.583. The van der Waals surface area contributed by atoms with Crippen molar-refractivity contribution in [3.63, 3.8) is 0 Å². The molecule has 0 saturated heterocycles. The van der Waals surface area contributed by atoms with Crippen molar-refractivity contribution >= 4 is 35.5 Å². The number of aldehydes is 1. The molecule has 0 aliphatic carbocycles. The van der Waals surface area contributed by atoms with Gasteiger partial charge in [-0.05, 0) is 24.9 Å². The summed E-state index contributed by atoms with van der Waals surface area (Å²) in [5, 5.41) is 3.32. The van der Waals surface area contributed by atoms with E-state index in [2.05, 4.69) is 21.5 Å². The number of hydrogen-bond donors (Lipinski definition) is 1. The van der Waals surface area contributed by atoms with E-state index in [1.807, 2.05) is 11.8 Å². The third-order valence-corrected chi connectivity index (χ3v) is 3.52. The average molecular weight is 288 g/mol. The first-order valence-corrected chi connectivity index (χ1v) is 7.75. The van der Waals surface area contributed by atoms with E-state index in [9.17, 15) is 4.79 Å². The lowest BCUT2D eigenvalue weighted by Gasteiger charge is -2.07. The first-order valence-electron chi connectivity index (χ1n) is 5.98. The number of anilines is 1. The van der Waals surface area contributed by atoms with Gasteiger partial charge in [0.15, 0.2) is 6.29 Å². The first-order chi connectivity index (χ1) is 8.79. The summed E-state index contributed by atoms with van der Waals surface area (Å²) >= 11 is 7.68. The van der Waals surface area contributed by atoms with Gasteiger partial charge in [0, 0.05) is 6.54 Å². The second-order valence-electron chi connectivity index (χ2n) is 3.88. The molecule has 18 heavy (non-hydrogen) atoms. The van der Waals surface area contributed by atoms with Gasteiger partial charge in [0.25, 0.3) is 0 Å². The van der Waals surface area contributed by atoms with E-state index < -0.39 is 0 Å². The van der Waals surface area contributed by atoms with Gasteiger partial charge in [-0.3, -0.25) is 4.79 Å². The average Bonchev–Trinajstić information content (AvgIpc) is 2.38. The summed E-state index contributed by atoms with van der Waals surface area (Å²) in [5.41, 5.74) is 0.335. The largest absolute Gasteiger partial charge is 0.369 e. The number of unbranched alkanes of at least 4 members (excludes halogenated alkanes) is 3. The zero-order chi connectivity index (χ0) is 13.2. The van der Waals surface area contributed by atoms with Crippen molar-refractivity contribution in [1.29, 1.82) is 0 Å². The SMILES string of the molecule is CSCCCCCCNc1ncnc(Cl)c1C=O. The third kappa shape index (κ3) is 5.23. The summed E-state index contributed by atoms with van der Waals surface area (Å²) in [5.74, 6) is 1.75. The normalized spacial score (nSPS) is 10.3. The van der Waals surface area contributed by atoms with Crippen molar-refractivity contribution in [2.75, 3.05) is 23.9 Å². The van der Waals surface area contributed by atoms with Crippen LogP contribution in [0.25, 0.3) is 0 Å². The second kappa shape index (κ2) is 9.16. The van der Waals surface area contributed by atoms with E-state index >= 15 is 0 Å². The molecule has 0 amide bonds. The van der Waals surface area contributed by atoms with E-state index in [1.165, 1.54) is 31.3 Å². The molecule has 0 radical (unpaired) electrons. The van der Waals surface area contributed by atoms with Gasteiger partial charge >= 0.3 is 0 Å². The molecule has 100 valence electrons. The lowest BCUT2D eigenvalue weighted by atomic mass is 10.2. The topological polar surface area (TPSA) is 54.9 Å². The van der Waals surface area contributed by atoms with Crippen molar-refractivity contribution < 1.29 is 4.79 Å². The number of carbonyl (C=O) groups is 1. The molecule has 0 atom stereocenters. The third-order valence-electron chi connectivity index (χ3n) is 2.52. The van der Waals surface area contributed by atoms with Gasteiger partial charge in [-0.15, -0.1) is 0 Å². The molecule has 1 N–H and O–H groups in total. The maximum absolute atomic E-state index is 10.8. The number of carbonyl (C=O) groups excluding carboxylic acids is 1. The molecule has 0 bridgehead atoms. The summed E-state index contributed by atoms with van der Waals surface area (Å²) in [6, 6.07) is 0. The van der Waals surface area contributed by atoms with Crippen molar-refractivity contribution in [1.82, 2.24) is 9.97 Å². The van der Waals surface area contributed by atoms with E-state index in [0.29, 0.717) is 17.7 Å². The van der Waals surface area contributed by atoms with Crippen LogP contribution in [0.2, 0.25) is 5.15 Å². The molecule has 4 nitrogen and oxygen atoms in total. The maximum Gasteiger partial charge on any atom is 0.156 e. The Morgan fingerprint density at radius 3 is 2.83 bits per heavy atom. The molecule has 0 fully saturated rings. The van der Waals surface area contributed by atoms with Crippen LogP contribution in [0.1, 0.15) is 36.0 Å². The lowest BCUT2D eigenvalue weighted by Crippen LogP contribution is -2.07. The predicted octanol–water partition coefficient (Wildman–Crippen LogP) is 3.28. The van der Waals surface area contributed by atoms with Crippen LogP contribution >= 0.6 is 23.4 Å². The molecular weight excluding hydrogens is 270 g/mol. The van der Waals surface area contributed by atoms with Crippen molar-refractivity contribution in [2.45, 2.75) is 25.7 Å². The molecule has 1 rings (SSSR count). The molecule has 1 heterocycles. The Hall–Kier alpha value is -0.810. The van der Waals surface area contributed by atoms with Gasteiger partial charge in [-0.2, -0.15) is 11.8 Å². The number of nitrogens with zero attached hydrogens (tertiary/aromatic N) is 2. The van der Waals surface area contributed by atoms with Gasteiger partial charge in [-0.25, -0.2) is 9.97 Å². The van der Waals surface area contributed by atoms with Crippen molar-refractivity contribution in [2.24, 2.45) is 0 Å². The summed E-state index contributed by atoms with van der Waals surface area (Å²) < 4.78 is 0. The number of hydrogen-bond acceptors (Lipinski definition) is 5. The van der Waals surface area contributed by atoms with Crippen molar-refractivity contribution in [3.8, 4) is 0 Å². The molecular formula is C12H18ClN3OS. The standard InChI is InChI=1S/C12H18ClN3OS/c1-18-7-5-3-2-4-6-14-12-10(8-17)11(13)15-9-16-12/h8-9H,2-7H2,1H3,(H,14,15,16). The molecule has 0 spiro atoms. The second-order valence-corrected chi connectivity index (χ2v) is 5.22. The minimum Gasteiger partial charge on any atom is -0.369 e. The van der Waals surface area contributed by atoms with Gasteiger partial charge in [-0.1, -0.05) is 24.4 Å². The van der Waals surface area contributed by atoms with Crippen LogP contribution in [0.3, 0.4) is 0 Å². The zero-order valence-electron chi connectivity index (χ0n) is 10.5. The molecule has 6 heteroatoms. The summed E-state index contributed by atoms with van der Waals surface area (Å²) in [6.45, 7) is 0.799. The van der Waals surface area contributed by atoms with Crippen LogP contribution in [0.4, 0.5) is 5.82 Å². The molecule has 1 aromatic heterocycles. The highest BCUT2D eigenvalue weighted by atomic mass is 35.5. The van der Waals surface area contributed by atoms with E-state index in [0.717, 1.165) is 13.0 Å². The predicted molar refractivity (Wildman–Crippen MR) is 77.8 cm³/mol. The number of halogens is 1. The molecule has 0 aliphatic rings. The minimum absolute atomic E-state index is 0.197. The fourth-order valence-electron chi connectivity index (χ4n) is 1.55. The summed E-state index contributed by atoms with van der Waals surface area (Å²) in [4.78, 5) is 18.6. The Labute approximate surface area is 117 Å². The number of rotatable bonds is 9. The quantitative estimate of drug-likeness (QED) is 0.429. The monoisotopic (exact) mass is 287 g/mol. The van der Waals surface area contributed by atoms with E-state index in [1.54, 1.807) is 0 Å². The Bertz CT molecular complexity index is 376. The van der Waals surface area contributed by atoms with Crippen LogP contribution in [0.5, 0.6) is 0 Å². The Morgan fingerprint density at radius 2 is 2.11 bits per heavy atom. The Morgan fingerprint density at radius 1 is 1.33 bits per heavy atom. The van der Waals surface area contributed by atoms with E-state index in [4.69, 9.17) is 11.6 Å². The smallest absolute Gasteiger partial charge is 0.156 e. The van der Waals surface area contributed by atoms with Crippen LogP contribution in [0.15, 0.2) is 6.33 Å².